The number of fused-ring (bicyclic) bond motifs is 1. The third-order valence-corrected chi connectivity index (χ3v) is 2.70. The lowest BCUT2D eigenvalue weighted by molar-refractivity contribution is 0.273. The zero-order valence-corrected chi connectivity index (χ0v) is 8.64. The molecule has 0 spiro atoms. The fraction of sp³-hybridized carbons (Fsp3) is 0.231. The van der Waals surface area contributed by atoms with E-state index in [4.69, 9.17) is 5.11 Å². The molecule has 1 unspecified atom stereocenters. The SMILES string of the molecule is CC(CO)c1cccc2cc(O)ccc12. The van der Waals surface area contributed by atoms with Crippen molar-refractivity contribution in [3.8, 4) is 5.75 Å². The molecule has 15 heavy (non-hydrogen) atoms. The van der Waals surface area contributed by atoms with E-state index in [1.807, 2.05) is 31.2 Å². The minimum atomic E-state index is 0.123. The van der Waals surface area contributed by atoms with E-state index in [1.54, 1.807) is 12.1 Å². The zero-order valence-electron chi connectivity index (χ0n) is 8.64. The minimum Gasteiger partial charge on any atom is -0.508 e. The molecule has 2 aromatic rings. The van der Waals surface area contributed by atoms with Gasteiger partial charge in [0.15, 0.2) is 0 Å². The van der Waals surface area contributed by atoms with Crippen LogP contribution in [-0.2, 0) is 0 Å². The van der Waals surface area contributed by atoms with Gasteiger partial charge in [-0.15, -0.1) is 0 Å². The summed E-state index contributed by atoms with van der Waals surface area (Å²) in [5.74, 6) is 0.398. The predicted molar refractivity (Wildman–Crippen MR) is 61.1 cm³/mol. The molecule has 2 rings (SSSR count). The fourth-order valence-electron chi connectivity index (χ4n) is 1.82. The van der Waals surface area contributed by atoms with E-state index in [1.165, 1.54) is 0 Å². The molecule has 2 aromatic carbocycles. The number of aliphatic hydroxyl groups excluding tert-OH is 1. The molecular formula is C13H14O2. The Kier molecular flexibility index (Phi) is 2.60. The molecule has 0 saturated carbocycles. The van der Waals surface area contributed by atoms with Crippen LogP contribution in [0.5, 0.6) is 5.75 Å². The summed E-state index contributed by atoms with van der Waals surface area (Å²) in [6, 6.07) is 11.2. The first-order valence-electron chi connectivity index (χ1n) is 5.05. The van der Waals surface area contributed by atoms with Gasteiger partial charge in [-0.2, -0.15) is 0 Å². The van der Waals surface area contributed by atoms with Gasteiger partial charge in [-0.05, 0) is 28.5 Å². The largest absolute Gasteiger partial charge is 0.508 e. The fourth-order valence-corrected chi connectivity index (χ4v) is 1.82. The number of benzene rings is 2. The van der Waals surface area contributed by atoms with E-state index in [0.29, 0.717) is 0 Å². The van der Waals surface area contributed by atoms with Crippen molar-refractivity contribution in [2.45, 2.75) is 12.8 Å². The summed E-state index contributed by atoms with van der Waals surface area (Å²) in [6.07, 6.45) is 0. The Morgan fingerprint density at radius 1 is 1.20 bits per heavy atom. The summed E-state index contributed by atoms with van der Waals surface area (Å²) in [7, 11) is 0. The highest BCUT2D eigenvalue weighted by atomic mass is 16.3. The average molecular weight is 202 g/mol. The second-order valence-electron chi connectivity index (χ2n) is 3.84. The first-order chi connectivity index (χ1) is 7.22. The smallest absolute Gasteiger partial charge is 0.116 e. The highest BCUT2D eigenvalue weighted by Gasteiger charge is 2.07. The van der Waals surface area contributed by atoms with Gasteiger partial charge >= 0.3 is 0 Å². The number of phenolic OH excluding ortho intramolecular Hbond substituents is 1. The number of phenols is 1. The van der Waals surface area contributed by atoms with Crippen LogP contribution in [0.4, 0.5) is 0 Å². The number of aliphatic hydroxyl groups is 1. The third-order valence-electron chi connectivity index (χ3n) is 2.70. The molecule has 2 nitrogen and oxygen atoms in total. The first-order valence-corrected chi connectivity index (χ1v) is 5.05. The van der Waals surface area contributed by atoms with Crippen LogP contribution in [0.25, 0.3) is 10.8 Å². The molecule has 0 aromatic heterocycles. The van der Waals surface area contributed by atoms with Gasteiger partial charge in [0.2, 0.25) is 0 Å². The van der Waals surface area contributed by atoms with Crippen molar-refractivity contribution in [3.05, 3.63) is 42.0 Å². The maximum absolute atomic E-state index is 9.37. The standard InChI is InChI=1S/C13H14O2/c1-9(8-14)12-4-2-3-10-7-11(15)5-6-13(10)12/h2-7,9,14-15H,8H2,1H3. The maximum Gasteiger partial charge on any atom is 0.116 e. The van der Waals surface area contributed by atoms with Crippen molar-refractivity contribution in [2.75, 3.05) is 6.61 Å². The number of aromatic hydroxyl groups is 1. The van der Waals surface area contributed by atoms with Gasteiger partial charge in [0.05, 0.1) is 0 Å². The Morgan fingerprint density at radius 2 is 2.00 bits per heavy atom. The van der Waals surface area contributed by atoms with Gasteiger partial charge in [0.25, 0.3) is 0 Å². The molecule has 0 aliphatic carbocycles. The minimum absolute atomic E-state index is 0.123. The lowest BCUT2D eigenvalue weighted by Gasteiger charge is -2.11. The third kappa shape index (κ3) is 1.81. The van der Waals surface area contributed by atoms with Gasteiger partial charge in [-0.3, -0.25) is 0 Å². The molecule has 0 aliphatic rings. The topological polar surface area (TPSA) is 40.5 Å². The Morgan fingerprint density at radius 3 is 2.73 bits per heavy atom. The Balaban J connectivity index is 2.66. The molecule has 0 amide bonds. The van der Waals surface area contributed by atoms with Crippen molar-refractivity contribution in [2.24, 2.45) is 0 Å². The average Bonchev–Trinajstić information content (AvgIpc) is 2.26. The molecule has 0 saturated heterocycles. The van der Waals surface area contributed by atoms with E-state index < -0.39 is 0 Å². The molecule has 0 fully saturated rings. The van der Waals surface area contributed by atoms with Gasteiger partial charge in [0, 0.05) is 12.5 Å². The predicted octanol–water partition coefficient (Wildman–Crippen LogP) is 2.64. The lowest BCUT2D eigenvalue weighted by atomic mass is 9.95. The molecule has 0 bridgehead atoms. The van der Waals surface area contributed by atoms with Crippen molar-refractivity contribution in [3.63, 3.8) is 0 Å². The summed E-state index contributed by atoms with van der Waals surface area (Å²) in [4.78, 5) is 0. The van der Waals surface area contributed by atoms with Crippen LogP contribution in [0.1, 0.15) is 18.4 Å². The Labute approximate surface area is 88.8 Å². The molecule has 2 heteroatoms. The molecule has 2 N–H and O–H groups in total. The quantitative estimate of drug-likeness (QED) is 0.786. The van der Waals surface area contributed by atoms with E-state index in [2.05, 4.69) is 0 Å². The lowest BCUT2D eigenvalue weighted by Crippen LogP contribution is -1.99. The van der Waals surface area contributed by atoms with E-state index >= 15 is 0 Å². The summed E-state index contributed by atoms with van der Waals surface area (Å²) in [5.41, 5.74) is 1.12. The second-order valence-corrected chi connectivity index (χ2v) is 3.84. The van der Waals surface area contributed by atoms with Gasteiger partial charge in [-0.25, -0.2) is 0 Å². The zero-order chi connectivity index (χ0) is 10.8. The van der Waals surface area contributed by atoms with Gasteiger partial charge in [0.1, 0.15) is 5.75 Å². The van der Waals surface area contributed by atoms with Crippen LogP contribution >= 0.6 is 0 Å². The van der Waals surface area contributed by atoms with Crippen LogP contribution in [0.3, 0.4) is 0 Å². The van der Waals surface area contributed by atoms with Crippen molar-refractivity contribution < 1.29 is 10.2 Å². The van der Waals surface area contributed by atoms with Crippen LogP contribution < -0.4 is 0 Å². The van der Waals surface area contributed by atoms with Crippen LogP contribution in [0, 0.1) is 0 Å². The number of hydrogen-bond acceptors (Lipinski definition) is 2. The normalized spacial score (nSPS) is 12.9. The van der Waals surface area contributed by atoms with Crippen LogP contribution in [-0.4, -0.2) is 16.8 Å². The van der Waals surface area contributed by atoms with Gasteiger partial charge in [-0.1, -0.05) is 31.2 Å². The second kappa shape index (κ2) is 3.91. The molecule has 0 aliphatic heterocycles. The first kappa shape index (κ1) is 9.99. The van der Waals surface area contributed by atoms with E-state index in [-0.39, 0.29) is 18.3 Å². The van der Waals surface area contributed by atoms with Crippen LogP contribution in [0.2, 0.25) is 0 Å². The molecule has 78 valence electrons. The summed E-state index contributed by atoms with van der Waals surface area (Å²) in [6.45, 7) is 2.13. The van der Waals surface area contributed by atoms with Crippen molar-refractivity contribution in [1.82, 2.24) is 0 Å². The number of hydrogen-bond donors (Lipinski definition) is 2. The molecule has 0 heterocycles. The Hall–Kier alpha value is -1.54. The van der Waals surface area contributed by atoms with Crippen molar-refractivity contribution >= 4 is 10.8 Å². The monoisotopic (exact) mass is 202 g/mol. The molecule has 0 radical (unpaired) electrons. The summed E-state index contributed by atoms with van der Waals surface area (Å²) >= 11 is 0. The van der Waals surface area contributed by atoms with E-state index in [9.17, 15) is 5.11 Å². The highest BCUT2D eigenvalue weighted by molar-refractivity contribution is 5.87. The maximum atomic E-state index is 9.37. The van der Waals surface area contributed by atoms with E-state index in [0.717, 1.165) is 16.3 Å². The van der Waals surface area contributed by atoms with Gasteiger partial charge < -0.3 is 10.2 Å². The molecular weight excluding hydrogens is 188 g/mol. The summed E-state index contributed by atoms with van der Waals surface area (Å²) in [5, 5.41) is 20.6. The molecule has 1 atom stereocenters. The van der Waals surface area contributed by atoms with Crippen molar-refractivity contribution in [1.29, 1.82) is 0 Å². The Bertz CT molecular complexity index is 477. The summed E-state index contributed by atoms with van der Waals surface area (Å²) < 4.78 is 0. The highest BCUT2D eigenvalue weighted by Crippen LogP contribution is 2.27. The number of rotatable bonds is 2. The van der Waals surface area contributed by atoms with Crippen LogP contribution in [0.15, 0.2) is 36.4 Å².